The summed E-state index contributed by atoms with van der Waals surface area (Å²) in [4.78, 5) is 0. The molecule has 0 spiro atoms. The van der Waals surface area contributed by atoms with Crippen molar-refractivity contribution in [1.82, 2.24) is 0 Å². The van der Waals surface area contributed by atoms with Crippen LogP contribution in [0.1, 0.15) is 11.1 Å². The number of halogens is 3. The monoisotopic (exact) mass is 216 g/mol. The lowest BCUT2D eigenvalue weighted by molar-refractivity contribution is -0.137. The maximum absolute atomic E-state index is 12.4. The normalized spacial score (nSPS) is 11.2. The Labute approximate surface area is 86.2 Å². The molecule has 0 N–H and O–H groups in total. The predicted octanol–water partition coefficient (Wildman–Crippen LogP) is 3.44. The second-order valence-corrected chi connectivity index (χ2v) is 3.02. The van der Waals surface area contributed by atoms with E-state index < -0.39 is 11.7 Å². The molecule has 0 saturated heterocycles. The average molecular weight is 216 g/mol. The van der Waals surface area contributed by atoms with Crippen LogP contribution in [0.15, 0.2) is 30.9 Å². The number of benzene rings is 1. The summed E-state index contributed by atoms with van der Waals surface area (Å²) in [6.45, 7) is 3.49. The molecule has 0 aliphatic carbocycles. The van der Waals surface area contributed by atoms with Crippen molar-refractivity contribution in [3.63, 3.8) is 0 Å². The number of hydrogen-bond donors (Lipinski definition) is 0. The van der Waals surface area contributed by atoms with Gasteiger partial charge in [-0.1, -0.05) is 6.08 Å². The molecule has 0 saturated carbocycles. The second-order valence-electron chi connectivity index (χ2n) is 3.02. The van der Waals surface area contributed by atoms with Gasteiger partial charge in [-0.05, 0) is 30.2 Å². The largest absolute Gasteiger partial charge is 0.496 e. The van der Waals surface area contributed by atoms with Gasteiger partial charge in [-0.3, -0.25) is 0 Å². The SMILES string of the molecule is C=CCc1cc(C(F)(F)F)ccc1OC. The van der Waals surface area contributed by atoms with Crippen LogP contribution >= 0.6 is 0 Å². The van der Waals surface area contributed by atoms with E-state index in [9.17, 15) is 13.2 Å². The Morgan fingerprint density at radius 1 is 1.40 bits per heavy atom. The highest BCUT2D eigenvalue weighted by atomic mass is 19.4. The topological polar surface area (TPSA) is 9.23 Å². The Morgan fingerprint density at radius 3 is 2.53 bits per heavy atom. The van der Waals surface area contributed by atoms with E-state index in [0.29, 0.717) is 17.7 Å². The molecule has 0 unspecified atom stereocenters. The summed E-state index contributed by atoms with van der Waals surface area (Å²) in [5.41, 5.74) is -0.178. The van der Waals surface area contributed by atoms with Crippen LogP contribution in [0.5, 0.6) is 5.75 Å². The molecule has 0 radical (unpaired) electrons. The van der Waals surface area contributed by atoms with E-state index in [1.807, 2.05) is 0 Å². The van der Waals surface area contributed by atoms with E-state index in [1.54, 1.807) is 0 Å². The minimum absolute atomic E-state index is 0.354. The van der Waals surface area contributed by atoms with Crippen LogP contribution in [0.25, 0.3) is 0 Å². The van der Waals surface area contributed by atoms with Crippen LogP contribution in [0.2, 0.25) is 0 Å². The van der Waals surface area contributed by atoms with Crippen LogP contribution in [-0.4, -0.2) is 7.11 Å². The zero-order valence-electron chi connectivity index (χ0n) is 8.27. The van der Waals surface area contributed by atoms with E-state index in [0.717, 1.165) is 12.1 Å². The fourth-order valence-electron chi connectivity index (χ4n) is 1.27. The number of rotatable bonds is 3. The molecule has 82 valence electrons. The van der Waals surface area contributed by atoms with Crippen LogP contribution in [0, 0.1) is 0 Å². The molecule has 1 aromatic carbocycles. The fraction of sp³-hybridized carbons (Fsp3) is 0.273. The summed E-state index contributed by atoms with van der Waals surface area (Å²) in [6, 6.07) is 3.41. The molecule has 1 rings (SSSR count). The standard InChI is InChI=1S/C11H11F3O/c1-3-4-8-7-9(11(12,13)14)5-6-10(8)15-2/h3,5-7H,1,4H2,2H3. The van der Waals surface area contributed by atoms with E-state index in [2.05, 4.69) is 6.58 Å². The van der Waals surface area contributed by atoms with Gasteiger partial charge in [0.25, 0.3) is 0 Å². The van der Waals surface area contributed by atoms with Crippen LogP contribution < -0.4 is 4.74 Å². The van der Waals surface area contributed by atoms with Gasteiger partial charge in [-0.15, -0.1) is 6.58 Å². The molecule has 0 heterocycles. The molecule has 4 heteroatoms. The lowest BCUT2D eigenvalue weighted by Gasteiger charge is -2.11. The van der Waals surface area contributed by atoms with E-state index in [1.165, 1.54) is 19.3 Å². The van der Waals surface area contributed by atoms with Gasteiger partial charge in [-0.25, -0.2) is 0 Å². The molecule has 0 aliphatic rings. The first-order valence-electron chi connectivity index (χ1n) is 4.34. The first-order valence-corrected chi connectivity index (χ1v) is 4.34. The van der Waals surface area contributed by atoms with Crippen molar-refractivity contribution >= 4 is 0 Å². The Bertz CT molecular complexity index is 355. The van der Waals surface area contributed by atoms with E-state index >= 15 is 0 Å². The van der Waals surface area contributed by atoms with Crippen molar-refractivity contribution in [2.75, 3.05) is 7.11 Å². The van der Waals surface area contributed by atoms with Gasteiger partial charge < -0.3 is 4.74 Å². The molecule has 0 aromatic heterocycles. The summed E-state index contributed by atoms with van der Waals surface area (Å²) < 4.78 is 42.1. The average Bonchev–Trinajstić information content (AvgIpc) is 2.17. The zero-order chi connectivity index (χ0) is 11.5. The molecule has 0 fully saturated rings. The summed E-state index contributed by atoms with van der Waals surface area (Å²) in [7, 11) is 1.43. The number of hydrogen-bond acceptors (Lipinski definition) is 1. The molecule has 0 atom stereocenters. The van der Waals surface area contributed by atoms with Gasteiger partial charge >= 0.3 is 6.18 Å². The zero-order valence-corrected chi connectivity index (χ0v) is 8.27. The van der Waals surface area contributed by atoms with Crippen molar-refractivity contribution in [3.8, 4) is 5.75 Å². The summed E-state index contributed by atoms with van der Waals surface area (Å²) in [5, 5.41) is 0. The highest BCUT2D eigenvalue weighted by Crippen LogP contribution is 2.32. The molecule has 1 aromatic rings. The van der Waals surface area contributed by atoms with Crippen molar-refractivity contribution in [2.24, 2.45) is 0 Å². The first kappa shape index (κ1) is 11.6. The van der Waals surface area contributed by atoms with Gasteiger partial charge in [0, 0.05) is 0 Å². The van der Waals surface area contributed by atoms with Crippen LogP contribution in [0.3, 0.4) is 0 Å². The summed E-state index contributed by atoms with van der Waals surface area (Å²) in [5.74, 6) is 0.447. The molecular weight excluding hydrogens is 205 g/mol. The molecule has 0 bridgehead atoms. The number of allylic oxidation sites excluding steroid dienone is 1. The Morgan fingerprint density at radius 2 is 2.07 bits per heavy atom. The Hall–Kier alpha value is -1.45. The number of ether oxygens (including phenoxy) is 1. The third-order valence-electron chi connectivity index (χ3n) is 1.97. The molecular formula is C11H11F3O. The Balaban J connectivity index is 3.15. The van der Waals surface area contributed by atoms with Crippen LogP contribution in [-0.2, 0) is 12.6 Å². The van der Waals surface area contributed by atoms with Crippen molar-refractivity contribution < 1.29 is 17.9 Å². The van der Waals surface area contributed by atoms with Gasteiger partial charge in [0.15, 0.2) is 0 Å². The molecule has 0 aliphatic heterocycles. The van der Waals surface area contributed by atoms with Gasteiger partial charge in [0.1, 0.15) is 5.75 Å². The van der Waals surface area contributed by atoms with Crippen molar-refractivity contribution in [1.29, 1.82) is 0 Å². The maximum atomic E-state index is 12.4. The lowest BCUT2D eigenvalue weighted by Crippen LogP contribution is -2.06. The minimum Gasteiger partial charge on any atom is -0.496 e. The first-order chi connectivity index (χ1) is 6.99. The fourth-order valence-corrected chi connectivity index (χ4v) is 1.27. The quantitative estimate of drug-likeness (QED) is 0.703. The number of alkyl halides is 3. The number of methoxy groups -OCH3 is 1. The van der Waals surface area contributed by atoms with Gasteiger partial charge in [0.2, 0.25) is 0 Å². The molecule has 0 amide bonds. The van der Waals surface area contributed by atoms with Gasteiger partial charge in [0.05, 0.1) is 12.7 Å². The molecule has 15 heavy (non-hydrogen) atoms. The summed E-state index contributed by atoms with van der Waals surface area (Å²) in [6.07, 6.45) is -2.42. The van der Waals surface area contributed by atoms with Gasteiger partial charge in [-0.2, -0.15) is 13.2 Å². The third kappa shape index (κ3) is 2.75. The summed E-state index contributed by atoms with van der Waals surface area (Å²) >= 11 is 0. The third-order valence-corrected chi connectivity index (χ3v) is 1.97. The lowest BCUT2D eigenvalue weighted by atomic mass is 10.1. The highest BCUT2D eigenvalue weighted by molar-refractivity contribution is 5.39. The Kier molecular flexibility index (Phi) is 3.39. The van der Waals surface area contributed by atoms with E-state index in [4.69, 9.17) is 4.74 Å². The minimum atomic E-state index is -4.32. The van der Waals surface area contributed by atoms with E-state index in [-0.39, 0.29) is 0 Å². The van der Waals surface area contributed by atoms with Crippen molar-refractivity contribution in [2.45, 2.75) is 12.6 Å². The smallest absolute Gasteiger partial charge is 0.416 e. The van der Waals surface area contributed by atoms with Crippen molar-refractivity contribution in [3.05, 3.63) is 42.0 Å². The maximum Gasteiger partial charge on any atom is 0.416 e. The molecule has 1 nitrogen and oxygen atoms in total. The predicted molar refractivity (Wildman–Crippen MR) is 51.9 cm³/mol. The highest BCUT2D eigenvalue weighted by Gasteiger charge is 2.30. The van der Waals surface area contributed by atoms with Crippen LogP contribution in [0.4, 0.5) is 13.2 Å². The second kappa shape index (κ2) is 4.38.